The summed E-state index contributed by atoms with van der Waals surface area (Å²) in [5, 5.41) is 21.4. The molecule has 0 bridgehead atoms. The predicted molar refractivity (Wildman–Crippen MR) is 246 cm³/mol. The molecule has 2 aliphatic rings. The third-order valence-corrected chi connectivity index (χ3v) is 14.7. The number of carbonyl (C=O) groups excluding carboxylic acids is 4. The van der Waals surface area contributed by atoms with E-state index < -0.39 is 118 Å². The number of H-pyrrole nitrogens is 2. The molecule has 4 rings (SSSR count). The number of ether oxygens (including phenoxy) is 6. The highest BCUT2D eigenvalue weighted by molar-refractivity contribution is 8.08. The molecule has 4 heterocycles. The number of anilines is 1. The van der Waals surface area contributed by atoms with Gasteiger partial charge in [0.25, 0.3) is 5.56 Å². The van der Waals surface area contributed by atoms with Gasteiger partial charge in [-0.15, -0.1) is 0 Å². The zero-order valence-corrected chi connectivity index (χ0v) is 41.8. The van der Waals surface area contributed by atoms with Crippen LogP contribution in [-0.2, 0) is 77.3 Å². The molecule has 3 unspecified atom stereocenters. The van der Waals surface area contributed by atoms with Crippen LogP contribution >= 0.6 is 14.5 Å². The fourth-order valence-corrected chi connectivity index (χ4v) is 11.1. The summed E-state index contributed by atoms with van der Waals surface area (Å²) in [6.07, 6.45) is -2.22. The van der Waals surface area contributed by atoms with Crippen molar-refractivity contribution in [1.82, 2.24) is 15.0 Å². The van der Waals surface area contributed by atoms with Crippen molar-refractivity contribution >= 4 is 67.2 Å². The number of halogens is 1. The lowest BCUT2D eigenvalue weighted by Gasteiger charge is -2.45. The second-order valence-electron chi connectivity index (χ2n) is 17.0. The first kappa shape index (κ1) is 58.1. The van der Waals surface area contributed by atoms with Crippen LogP contribution in [0.5, 0.6) is 0 Å². The molecule has 2 saturated heterocycles. The maximum absolute atomic E-state index is 16.2. The van der Waals surface area contributed by atoms with Crippen LogP contribution in [0.3, 0.4) is 0 Å². The largest absolute Gasteiger partial charge is 0.481 e. The molecular formula is C42H67FN4O19P2S. The van der Waals surface area contributed by atoms with Gasteiger partial charge in [-0.2, -0.15) is 0 Å². The molecule has 0 radical (unpaired) electrons. The number of phosphoric ester groups is 1. The van der Waals surface area contributed by atoms with Gasteiger partial charge in [0, 0.05) is 32.9 Å². The molecule has 27 heteroatoms. The number of fused-ring (bicyclic) bond motifs is 1. The molecule has 12 atom stereocenters. The van der Waals surface area contributed by atoms with Gasteiger partial charge in [0.15, 0.2) is 24.5 Å². The number of nitrogens with zero attached hydrogens (tertiary/aromatic N) is 1. The topological polar surface area (TPSA) is 337 Å². The van der Waals surface area contributed by atoms with Gasteiger partial charge in [0.05, 0.1) is 12.1 Å². The highest BCUT2D eigenvalue weighted by Crippen LogP contribution is 2.62. The molecular weight excluding hydrogens is 977 g/mol. The Morgan fingerprint density at radius 1 is 0.826 bits per heavy atom. The van der Waals surface area contributed by atoms with Gasteiger partial charge in [-0.1, -0.05) is 96.8 Å². The average Bonchev–Trinajstić information content (AvgIpc) is 3.81. The minimum atomic E-state index is -5.78. The zero-order chi connectivity index (χ0) is 50.9. The molecule has 0 aliphatic carbocycles. The minimum absolute atomic E-state index is 0.0151. The van der Waals surface area contributed by atoms with E-state index in [1.807, 2.05) is 0 Å². The summed E-state index contributed by atoms with van der Waals surface area (Å²) < 4.78 is 76.8. The smallest absolute Gasteiger partial charge is 0.462 e. The molecule has 0 amide bonds. The number of esters is 4. The third kappa shape index (κ3) is 18.9. The number of aromatic amines is 2. The van der Waals surface area contributed by atoms with Crippen molar-refractivity contribution in [3.05, 3.63) is 22.1 Å². The Balaban J connectivity index is 1.34. The summed E-state index contributed by atoms with van der Waals surface area (Å²) >= 11 is 4.90. The number of hydrogen-bond acceptors (Lipinski definition) is 20. The lowest BCUT2D eigenvalue weighted by molar-refractivity contribution is -0.296. The molecule has 0 aromatic carbocycles. The van der Waals surface area contributed by atoms with Gasteiger partial charge >= 0.3 is 38.4 Å². The first-order chi connectivity index (χ1) is 32.6. The summed E-state index contributed by atoms with van der Waals surface area (Å²) in [5.41, 5.74) is 5.16. The van der Waals surface area contributed by atoms with Crippen molar-refractivity contribution in [2.45, 2.75) is 192 Å². The fourth-order valence-electron chi connectivity index (χ4n) is 7.99. The van der Waals surface area contributed by atoms with E-state index in [0.717, 1.165) is 52.9 Å². The number of aromatic nitrogens is 3. The Bertz CT molecular complexity index is 2150. The molecule has 23 nitrogen and oxygen atoms in total. The molecule has 0 saturated carbocycles. The van der Waals surface area contributed by atoms with E-state index in [1.165, 1.54) is 63.9 Å². The number of aliphatic hydroxyl groups excluding tert-OH is 2. The zero-order valence-electron chi connectivity index (χ0n) is 39.2. The first-order valence-corrected chi connectivity index (χ1v) is 27.3. The number of hydrogen-bond donors (Lipinski definition) is 7. The standard InChI is InChI=1S/C42H67FN4O19P2S/c1-5-6-7-8-9-10-11-12-13-14-15-16-17-18-19-20-31(51)58-22-27(43)35-37(60-24(2)48)38(61-25(3)49)39(62-26(4)50)41(64-35)65-67(55,56)66-68(57,69)59-23-30-33(52)34(53)36(63-30)29-21-28-32(45-29)40(54)47-42(44)46-28/h21,27,30,33-39,41,45,52-53H,5-20,22-23H2,1-4H3,(H,55,56)(H,57,69)(H3,44,46,47,54)/t27-,30+,33-,34+,35?,36-,37+,38-,39+,41-,68?/m0/s1. The fraction of sp³-hybridized carbons (Fsp3) is 0.762. The van der Waals surface area contributed by atoms with E-state index >= 15 is 4.39 Å². The summed E-state index contributed by atoms with van der Waals surface area (Å²) in [4.78, 5) is 92.5. The Hall–Kier alpha value is -3.45. The van der Waals surface area contributed by atoms with Crippen molar-refractivity contribution in [2.75, 3.05) is 18.9 Å². The number of rotatable bonds is 30. The van der Waals surface area contributed by atoms with Crippen LogP contribution in [0.15, 0.2) is 10.9 Å². The van der Waals surface area contributed by atoms with Crippen LogP contribution in [0.4, 0.5) is 10.3 Å². The Morgan fingerprint density at radius 2 is 1.36 bits per heavy atom. The monoisotopic (exact) mass is 1040 g/mol. The first-order valence-electron chi connectivity index (χ1n) is 23.2. The maximum atomic E-state index is 16.2. The lowest BCUT2D eigenvalue weighted by atomic mass is 9.95. The SMILES string of the molecule is CCCCCCCCCCCCCCCCCC(=O)OC[C@H](F)C1O[C@@H](OP(=O)(O)OP(O)(=S)OC[C@H]2O[C@@H](c3cc4nc(N)[nH]c(=O)c4[nH]3)[C@H](O)[C@H]2O)[C@H](OC(C)=O)[C@@H](OC(C)=O)[C@@H]1OC(C)=O. The van der Waals surface area contributed by atoms with E-state index in [-0.39, 0.29) is 29.1 Å². The van der Waals surface area contributed by atoms with E-state index in [4.69, 9.17) is 59.3 Å². The van der Waals surface area contributed by atoms with Gasteiger partial charge in [-0.05, 0) is 24.3 Å². The van der Waals surface area contributed by atoms with Gasteiger partial charge in [-0.3, -0.25) is 33.5 Å². The average molecular weight is 1050 g/mol. The van der Waals surface area contributed by atoms with E-state index in [0.29, 0.717) is 6.42 Å². The number of nitrogen functional groups attached to an aromatic ring is 1. The second kappa shape index (κ2) is 28.0. The van der Waals surface area contributed by atoms with Gasteiger partial charge in [0.2, 0.25) is 12.2 Å². The van der Waals surface area contributed by atoms with Crippen molar-refractivity contribution in [1.29, 1.82) is 0 Å². The minimum Gasteiger partial charge on any atom is -0.462 e. The van der Waals surface area contributed by atoms with Crippen LogP contribution in [0.25, 0.3) is 11.0 Å². The number of nitrogens with two attached hydrogens (primary N) is 1. The highest BCUT2D eigenvalue weighted by atomic mass is 32.5. The normalized spacial score (nSPS) is 25.9. The molecule has 2 aromatic heterocycles. The summed E-state index contributed by atoms with van der Waals surface area (Å²) in [5.74, 6) is -4.18. The molecule has 2 aliphatic heterocycles. The predicted octanol–water partition coefficient (Wildman–Crippen LogP) is 5.02. The molecule has 2 aromatic rings. The van der Waals surface area contributed by atoms with Crippen LogP contribution in [0, 0.1) is 0 Å². The van der Waals surface area contributed by atoms with E-state index in [1.54, 1.807) is 0 Å². The van der Waals surface area contributed by atoms with Gasteiger partial charge < -0.3 is 63.7 Å². The van der Waals surface area contributed by atoms with E-state index in [2.05, 4.69) is 21.9 Å². The molecule has 69 heavy (non-hydrogen) atoms. The molecule has 2 fully saturated rings. The van der Waals surface area contributed by atoms with Crippen LogP contribution in [0.1, 0.15) is 142 Å². The Labute approximate surface area is 403 Å². The Kier molecular flexibility index (Phi) is 23.6. The van der Waals surface area contributed by atoms with Gasteiger partial charge in [0.1, 0.15) is 42.6 Å². The highest BCUT2D eigenvalue weighted by Gasteiger charge is 2.57. The maximum Gasteiger partial charge on any atom is 0.481 e. The summed E-state index contributed by atoms with van der Waals surface area (Å²) in [7, 11) is -5.78. The van der Waals surface area contributed by atoms with Crippen LogP contribution < -0.4 is 11.3 Å². The number of carbonyl (C=O) groups is 4. The second-order valence-corrected chi connectivity index (χ2v) is 21.4. The molecule has 392 valence electrons. The number of nitrogens with one attached hydrogen (secondary N) is 2. The number of unbranched alkanes of at least 4 members (excludes halogenated alkanes) is 14. The van der Waals surface area contributed by atoms with Crippen LogP contribution in [-0.4, -0.2) is 127 Å². The van der Waals surface area contributed by atoms with Crippen molar-refractivity contribution < 1.29 is 89.9 Å². The third-order valence-electron chi connectivity index (χ3n) is 11.2. The molecule has 8 N–H and O–H groups in total. The van der Waals surface area contributed by atoms with Crippen molar-refractivity contribution in [3.8, 4) is 0 Å². The summed E-state index contributed by atoms with van der Waals surface area (Å²) in [6.45, 7) is -1.85. The molecule has 0 spiro atoms. The van der Waals surface area contributed by atoms with Crippen molar-refractivity contribution in [3.63, 3.8) is 0 Å². The quantitative estimate of drug-likeness (QED) is 0.0234. The van der Waals surface area contributed by atoms with Crippen molar-refractivity contribution in [2.24, 2.45) is 0 Å². The van der Waals surface area contributed by atoms with Gasteiger partial charge in [-0.25, -0.2) is 18.3 Å². The number of phosphoric acid groups is 1. The van der Waals surface area contributed by atoms with Crippen LogP contribution in [0.2, 0.25) is 0 Å². The number of aliphatic hydroxyl groups is 2. The Morgan fingerprint density at radius 3 is 1.93 bits per heavy atom. The summed E-state index contributed by atoms with van der Waals surface area (Å²) in [6, 6.07) is 1.34. The lowest BCUT2D eigenvalue weighted by Crippen LogP contribution is -2.64. The van der Waals surface area contributed by atoms with E-state index in [9.17, 15) is 48.5 Å². The number of alkyl halides is 1.